The molecule has 1 heterocycles. The molecule has 1 N–H and O–H groups in total. The predicted molar refractivity (Wildman–Crippen MR) is 114 cm³/mol. The minimum Gasteiger partial charge on any atom is -0.494 e. The quantitative estimate of drug-likeness (QED) is 0.706. The van der Waals surface area contributed by atoms with Crippen molar-refractivity contribution in [1.29, 1.82) is 0 Å². The molecule has 0 unspecified atom stereocenters. The third-order valence-corrected chi connectivity index (χ3v) is 5.05. The lowest BCUT2D eigenvalue weighted by Crippen LogP contribution is -2.40. The SMILES string of the molecule is CCOc1ccc(CCC2CCN(C(=O)CCNC(=O)OC(C)(C)C)CC2)cc1. The maximum absolute atomic E-state index is 12.4. The second-order valence-corrected chi connectivity index (χ2v) is 8.62. The van der Waals surface area contributed by atoms with Crippen LogP contribution in [0.25, 0.3) is 0 Å². The zero-order chi connectivity index (χ0) is 21.3. The van der Waals surface area contributed by atoms with E-state index in [1.165, 1.54) is 5.56 Å². The van der Waals surface area contributed by atoms with Crippen molar-refractivity contribution in [2.24, 2.45) is 5.92 Å². The monoisotopic (exact) mass is 404 g/mol. The van der Waals surface area contributed by atoms with Crippen LogP contribution in [0.3, 0.4) is 0 Å². The highest BCUT2D eigenvalue weighted by Gasteiger charge is 2.23. The maximum Gasteiger partial charge on any atom is 0.407 e. The van der Waals surface area contributed by atoms with Crippen molar-refractivity contribution in [1.82, 2.24) is 10.2 Å². The topological polar surface area (TPSA) is 67.9 Å². The number of benzene rings is 1. The highest BCUT2D eigenvalue weighted by atomic mass is 16.6. The number of nitrogens with one attached hydrogen (secondary N) is 1. The molecule has 1 aromatic rings. The lowest BCUT2D eigenvalue weighted by atomic mass is 9.90. The summed E-state index contributed by atoms with van der Waals surface area (Å²) < 4.78 is 10.7. The van der Waals surface area contributed by atoms with Crippen LogP contribution in [-0.2, 0) is 16.0 Å². The Balaban J connectivity index is 1.62. The van der Waals surface area contributed by atoms with E-state index in [1.807, 2.05) is 44.7 Å². The van der Waals surface area contributed by atoms with Gasteiger partial charge in [0.05, 0.1) is 6.61 Å². The normalized spacial score (nSPS) is 15.1. The van der Waals surface area contributed by atoms with Gasteiger partial charge in [0.25, 0.3) is 0 Å². The van der Waals surface area contributed by atoms with Crippen LogP contribution in [0.5, 0.6) is 5.75 Å². The molecule has 1 aliphatic rings. The van der Waals surface area contributed by atoms with Gasteiger partial charge in [0, 0.05) is 26.1 Å². The number of aryl methyl sites for hydroxylation is 1. The molecular formula is C23H36N2O4. The van der Waals surface area contributed by atoms with E-state index in [0.717, 1.165) is 44.5 Å². The number of piperidine rings is 1. The number of amides is 2. The van der Waals surface area contributed by atoms with Gasteiger partial charge >= 0.3 is 6.09 Å². The van der Waals surface area contributed by atoms with E-state index in [2.05, 4.69) is 17.4 Å². The van der Waals surface area contributed by atoms with Crippen molar-refractivity contribution in [2.45, 2.75) is 65.4 Å². The fourth-order valence-corrected chi connectivity index (χ4v) is 3.50. The van der Waals surface area contributed by atoms with Gasteiger partial charge in [-0.2, -0.15) is 0 Å². The van der Waals surface area contributed by atoms with Crippen LogP contribution in [0.1, 0.15) is 58.9 Å². The van der Waals surface area contributed by atoms with Crippen molar-refractivity contribution >= 4 is 12.0 Å². The first-order valence-electron chi connectivity index (χ1n) is 10.7. The minimum absolute atomic E-state index is 0.103. The Labute approximate surface area is 174 Å². The lowest BCUT2D eigenvalue weighted by molar-refractivity contribution is -0.132. The largest absolute Gasteiger partial charge is 0.494 e. The van der Waals surface area contributed by atoms with Crippen molar-refractivity contribution in [3.8, 4) is 5.75 Å². The van der Waals surface area contributed by atoms with E-state index in [-0.39, 0.29) is 5.91 Å². The molecule has 29 heavy (non-hydrogen) atoms. The summed E-state index contributed by atoms with van der Waals surface area (Å²) in [5.41, 5.74) is 0.807. The zero-order valence-electron chi connectivity index (χ0n) is 18.3. The molecule has 2 rings (SSSR count). The molecule has 0 bridgehead atoms. The number of hydrogen-bond acceptors (Lipinski definition) is 4. The van der Waals surface area contributed by atoms with Gasteiger partial charge in [-0.05, 0) is 77.0 Å². The summed E-state index contributed by atoms with van der Waals surface area (Å²) in [6, 6.07) is 8.35. The van der Waals surface area contributed by atoms with Crippen LogP contribution >= 0.6 is 0 Å². The van der Waals surface area contributed by atoms with Gasteiger partial charge in [-0.25, -0.2) is 4.79 Å². The van der Waals surface area contributed by atoms with Crippen molar-refractivity contribution in [2.75, 3.05) is 26.2 Å². The second kappa shape index (κ2) is 11.1. The lowest BCUT2D eigenvalue weighted by Gasteiger charge is -2.32. The van der Waals surface area contributed by atoms with Crippen LogP contribution in [0.2, 0.25) is 0 Å². The van der Waals surface area contributed by atoms with E-state index >= 15 is 0 Å². The van der Waals surface area contributed by atoms with Crippen LogP contribution in [0.15, 0.2) is 24.3 Å². The number of likely N-dealkylation sites (tertiary alicyclic amines) is 1. The Kier molecular flexibility index (Phi) is 8.80. The Morgan fingerprint density at radius 3 is 2.38 bits per heavy atom. The molecule has 1 aromatic carbocycles. The highest BCUT2D eigenvalue weighted by Crippen LogP contribution is 2.23. The molecule has 0 aromatic heterocycles. The number of alkyl carbamates (subject to hydrolysis) is 1. The molecule has 6 nitrogen and oxygen atoms in total. The first-order valence-corrected chi connectivity index (χ1v) is 10.7. The molecule has 0 aliphatic carbocycles. The van der Waals surface area contributed by atoms with Gasteiger partial charge < -0.3 is 19.7 Å². The third-order valence-electron chi connectivity index (χ3n) is 5.05. The average molecular weight is 405 g/mol. The fraction of sp³-hybridized carbons (Fsp3) is 0.652. The fourth-order valence-electron chi connectivity index (χ4n) is 3.50. The average Bonchev–Trinajstić information content (AvgIpc) is 2.66. The van der Waals surface area contributed by atoms with E-state index in [9.17, 15) is 9.59 Å². The number of carbonyl (C=O) groups is 2. The molecule has 1 fully saturated rings. The van der Waals surface area contributed by atoms with Crippen LogP contribution in [0, 0.1) is 5.92 Å². The first kappa shape index (κ1) is 23.0. The minimum atomic E-state index is -0.526. The third kappa shape index (κ3) is 8.75. The van der Waals surface area contributed by atoms with Gasteiger partial charge in [-0.1, -0.05) is 12.1 Å². The van der Waals surface area contributed by atoms with E-state index in [1.54, 1.807) is 0 Å². The van der Waals surface area contributed by atoms with Crippen molar-refractivity contribution in [3.63, 3.8) is 0 Å². The molecule has 0 atom stereocenters. The molecular weight excluding hydrogens is 368 g/mol. The Hall–Kier alpha value is -2.24. The van der Waals surface area contributed by atoms with Crippen molar-refractivity contribution < 1.29 is 19.1 Å². The van der Waals surface area contributed by atoms with E-state index in [0.29, 0.717) is 25.5 Å². The maximum atomic E-state index is 12.4. The Bertz CT molecular complexity index is 644. The van der Waals surface area contributed by atoms with Gasteiger partial charge in [-0.15, -0.1) is 0 Å². The summed E-state index contributed by atoms with van der Waals surface area (Å²) in [4.78, 5) is 25.9. The number of carbonyl (C=O) groups excluding carboxylic acids is 2. The summed E-state index contributed by atoms with van der Waals surface area (Å²) in [5, 5.41) is 2.65. The molecule has 2 amide bonds. The summed E-state index contributed by atoms with van der Waals surface area (Å²) in [6.45, 7) is 10.0. The highest BCUT2D eigenvalue weighted by molar-refractivity contribution is 5.77. The standard InChI is InChI=1S/C23H36N2O4/c1-5-28-20-10-8-18(9-11-20)6-7-19-13-16-25(17-14-19)21(26)12-15-24-22(27)29-23(2,3)4/h8-11,19H,5-7,12-17H2,1-4H3,(H,24,27). The summed E-state index contributed by atoms with van der Waals surface area (Å²) in [7, 11) is 0. The molecule has 0 saturated carbocycles. The molecule has 0 radical (unpaired) electrons. The van der Waals surface area contributed by atoms with Gasteiger partial charge in [-0.3, -0.25) is 4.79 Å². The molecule has 1 aliphatic heterocycles. The molecule has 0 spiro atoms. The zero-order valence-corrected chi connectivity index (χ0v) is 18.3. The van der Waals surface area contributed by atoms with Crippen molar-refractivity contribution in [3.05, 3.63) is 29.8 Å². The first-order chi connectivity index (χ1) is 13.8. The molecule has 162 valence electrons. The molecule has 6 heteroatoms. The summed E-state index contributed by atoms with van der Waals surface area (Å²) >= 11 is 0. The van der Waals surface area contributed by atoms with Crippen LogP contribution in [0.4, 0.5) is 4.79 Å². The molecule has 1 saturated heterocycles. The van der Waals surface area contributed by atoms with Gasteiger partial charge in [0.2, 0.25) is 5.91 Å². The number of rotatable bonds is 8. The smallest absolute Gasteiger partial charge is 0.407 e. The summed E-state index contributed by atoms with van der Waals surface area (Å²) in [5.74, 6) is 1.68. The van der Waals surface area contributed by atoms with E-state index in [4.69, 9.17) is 9.47 Å². The summed E-state index contributed by atoms with van der Waals surface area (Å²) in [6.07, 6.45) is 4.14. The van der Waals surface area contributed by atoms with E-state index < -0.39 is 11.7 Å². The van der Waals surface area contributed by atoms with Crippen LogP contribution < -0.4 is 10.1 Å². The van der Waals surface area contributed by atoms with Gasteiger partial charge in [0.1, 0.15) is 11.4 Å². The van der Waals surface area contributed by atoms with Gasteiger partial charge in [0.15, 0.2) is 0 Å². The number of hydrogen-bond donors (Lipinski definition) is 1. The number of ether oxygens (including phenoxy) is 2. The predicted octanol–water partition coefficient (Wildman–Crippen LogP) is 4.17. The van der Waals surface area contributed by atoms with Crippen LogP contribution in [-0.4, -0.2) is 48.7 Å². The Morgan fingerprint density at radius 1 is 1.14 bits per heavy atom. The number of nitrogens with zero attached hydrogens (tertiary/aromatic N) is 1. The second-order valence-electron chi connectivity index (χ2n) is 8.62. The Morgan fingerprint density at radius 2 is 1.79 bits per heavy atom.